The lowest BCUT2D eigenvalue weighted by Crippen LogP contribution is -2.67. The lowest BCUT2D eigenvalue weighted by molar-refractivity contribution is -0.961. The second-order valence-electron chi connectivity index (χ2n) is 7.81. The van der Waals surface area contributed by atoms with E-state index in [1.165, 1.54) is 75.4 Å². The molecule has 3 aliphatic rings. The van der Waals surface area contributed by atoms with Crippen molar-refractivity contribution in [3.8, 4) is 0 Å². The van der Waals surface area contributed by atoms with Gasteiger partial charge in [-0.05, 0) is 44.6 Å². The summed E-state index contributed by atoms with van der Waals surface area (Å²) in [6, 6.07) is 0. The van der Waals surface area contributed by atoms with Crippen molar-refractivity contribution in [3.63, 3.8) is 0 Å². The van der Waals surface area contributed by atoms with E-state index in [1.807, 2.05) is 11.1 Å². The van der Waals surface area contributed by atoms with E-state index in [2.05, 4.69) is 20.9 Å². The van der Waals surface area contributed by atoms with E-state index in [0.29, 0.717) is 5.54 Å². The molecule has 0 aromatic heterocycles. The van der Waals surface area contributed by atoms with Crippen LogP contribution in [0.15, 0.2) is 11.1 Å². The van der Waals surface area contributed by atoms with E-state index >= 15 is 0 Å². The minimum Gasteiger partial charge on any atom is -0.317 e. The van der Waals surface area contributed by atoms with Crippen LogP contribution in [-0.4, -0.2) is 30.2 Å². The van der Waals surface area contributed by atoms with Crippen LogP contribution in [0, 0.1) is 5.92 Å². The molecule has 2 heterocycles. The fraction of sp³-hybridized carbons (Fsp3) is 0.889. The molecular formula is C18H32N+. The summed E-state index contributed by atoms with van der Waals surface area (Å²) in [6.45, 7) is 7.80. The zero-order chi connectivity index (χ0) is 13.5. The number of fused-ring (bicyclic) bond motifs is 2. The number of unbranched alkanes of at least 4 members (excludes halogenated alkanes) is 1. The van der Waals surface area contributed by atoms with Crippen LogP contribution in [0.4, 0.5) is 0 Å². The molecule has 1 fully saturated rings. The number of likely N-dealkylation sites (N-methyl/N-ethyl adjacent to an activating group) is 1. The van der Waals surface area contributed by atoms with Crippen molar-refractivity contribution in [2.75, 3.05) is 20.1 Å². The van der Waals surface area contributed by atoms with Gasteiger partial charge in [0.1, 0.15) is 5.54 Å². The van der Waals surface area contributed by atoms with E-state index < -0.39 is 0 Å². The van der Waals surface area contributed by atoms with Gasteiger partial charge in [0.25, 0.3) is 0 Å². The van der Waals surface area contributed by atoms with Crippen LogP contribution in [0.3, 0.4) is 0 Å². The first-order chi connectivity index (χ1) is 9.09. The Morgan fingerprint density at radius 1 is 1.26 bits per heavy atom. The number of hydrogen-bond acceptors (Lipinski definition) is 0. The zero-order valence-electron chi connectivity index (χ0n) is 13.3. The second-order valence-corrected chi connectivity index (χ2v) is 7.81. The van der Waals surface area contributed by atoms with E-state index in [4.69, 9.17) is 0 Å². The molecule has 1 aliphatic carbocycles. The summed E-state index contributed by atoms with van der Waals surface area (Å²) in [5, 5.41) is 0. The molecule has 3 atom stereocenters. The molecule has 108 valence electrons. The maximum absolute atomic E-state index is 2.60. The third kappa shape index (κ3) is 2.09. The molecule has 1 nitrogen and oxygen atoms in total. The third-order valence-corrected chi connectivity index (χ3v) is 6.75. The van der Waals surface area contributed by atoms with Gasteiger partial charge in [-0.25, -0.2) is 0 Å². The Morgan fingerprint density at radius 2 is 2.11 bits per heavy atom. The molecule has 0 aromatic carbocycles. The molecule has 1 heteroatoms. The van der Waals surface area contributed by atoms with Crippen LogP contribution in [-0.2, 0) is 0 Å². The maximum atomic E-state index is 2.60. The van der Waals surface area contributed by atoms with Gasteiger partial charge in [0, 0.05) is 18.8 Å². The van der Waals surface area contributed by atoms with Crippen LogP contribution in [0.1, 0.15) is 71.6 Å². The van der Waals surface area contributed by atoms with Crippen molar-refractivity contribution in [2.45, 2.75) is 77.2 Å². The Bertz CT molecular complexity index is 383. The Morgan fingerprint density at radius 3 is 2.89 bits per heavy atom. The molecule has 1 saturated heterocycles. The van der Waals surface area contributed by atoms with Gasteiger partial charge in [0.2, 0.25) is 0 Å². The molecule has 0 aromatic rings. The molecule has 0 N–H and O–H groups in total. The number of rotatable bonds is 3. The number of piperidine rings is 1. The predicted octanol–water partition coefficient (Wildman–Crippen LogP) is 4.68. The lowest BCUT2D eigenvalue weighted by Gasteiger charge is -2.57. The standard InChI is InChI=1S/C18H32N/c1-4-5-7-15-10-12-18(2)17-9-6-8-16(17)11-13-19(18,3)14-15/h15H,4-14H2,1-3H3/q+1/t15-,18-,19?/m1/s1. The summed E-state index contributed by atoms with van der Waals surface area (Å²) in [6.07, 6.45) is 12.9. The van der Waals surface area contributed by atoms with Gasteiger partial charge in [0.15, 0.2) is 0 Å². The van der Waals surface area contributed by atoms with E-state index in [9.17, 15) is 0 Å². The van der Waals surface area contributed by atoms with Crippen molar-refractivity contribution in [1.29, 1.82) is 0 Å². The molecule has 1 unspecified atom stereocenters. The predicted molar refractivity (Wildman–Crippen MR) is 82.1 cm³/mol. The molecule has 3 rings (SSSR count). The average Bonchev–Trinajstić information content (AvgIpc) is 2.87. The topological polar surface area (TPSA) is 0 Å². The molecule has 0 bridgehead atoms. The van der Waals surface area contributed by atoms with Gasteiger partial charge >= 0.3 is 0 Å². The van der Waals surface area contributed by atoms with E-state index in [0.717, 1.165) is 5.92 Å². The maximum Gasteiger partial charge on any atom is 0.118 e. The summed E-state index contributed by atoms with van der Waals surface area (Å²) in [7, 11) is 2.57. The molecule has 0 radical (unpaired) electrons. The van der Waals surface area contributed by atoms with Crippen LogP contribution in [0.25, 0.3) is 0 Å². The summed E-state index contributed by atoms with van der Waals surface area (Å²) < 4.78 is 1.36. The molecular weight excluding hydrogens is 230 g/mol. The minimum absolute atomic E-state index is 0.507. The van der Waals surface area contributed by atoms with Gasteiger partial charge in [-0.3, -0.25) is 0 Å². The molecule has 0 saturated carbocycles. The smallest absolute Gasteiger partial charge is 0.118 e. The first-order valence-corrected chi connectivity index (χ1v) is 8.65. The van der Waals surface area contributed by atoms with Crippen molar-refractivity contribution in [1.82, 2.24) is 0 Å². The van der Waals surface area contributed by atoms with E-state index in [-0.39, 0.29) is 0 Å². The molecule has 0 spiro atoms. The summed E-state index contributed by atoms with van der Waals surface area (Å²) in [5.41, 5.74) is 4.27. The van der Waals surface area contributed by atoms with Crippen LogP contribution >= 0.6 is 0 Å². The second kappa shape index (κ2) is 4.91. The third-order valence-electron chi connectivity index (χ3n) is 6.75. The van der Waals surface area contributed by atoms with Crippen molar-refractivity contribution >= 4 is 0 Å². The fourth-order valence-corrected chi connectivity index (χ4v) is 5.27. The van der Waals surface area contributed by atoms with Crippen LogP contribution in [0.2, 0.25) is 0 Å². The van der Waals surface area contributed by atoms with Gasteiger partial charge < -0.3 is 4.48 Å². The zero-order valence-corrected chi connectivity index (χ0v) is 13.3. The van der Waals surface area contributed by atoms with Gasteiger partial charge in [-0.2, -0.15) is 0 Å². The van der Waals surface area contributed by atoms with E-state index in [1.54, 1.807) is 0 Å². The Hall–Kier alpha value is -0.300. The van der Waals surface area contributed by atoms with Gasteiger partial charge in [-0.1, -0.05) is 25.3 Å². The number of hydrogen-bond donors (Lipinski definition) is 0. The van der Waals surface area contributed by atoms with Crippen LogP contribution in [0.5, 0.6) is 0 Å². The highest BCUT2D eigenvalue weighted by molar-refractivity contribution is 5.30. The molecule has 0 amide bonds. The monoisotopic (exact) mass is 262 g/mol. The minimum atomic E-state index is 0.507. The highest BCUT2D eigenvalue weighted by Crippen LogP contribution is 2.51. The lowest BCUT2D eigenvalue weighted by atomic mass is 9.71. The number of nitrogens with zero attached hydrogens (tertiary/aromatic N) is 1. The summed E-state index contributed by atoms with van der Waals surface area (Å²) >= 11 is 0. The Labute approximate surface area is 119 Å². The fourth-order valence-electron chi connectivity index (χ4n) is 5.27. The molecule has 2 aliphatic heterocycles. The van der Waals surface area contributed by atoms with Crippen LogP contribution < -0.4 is 0 Å². The summed E-state index contributed by atoms with van der Waals surface area (Å²) in [5.74, 6) is 1.00. The SMILES string of the molecule is CCCC[C@@H]1CC[C@]2(C)C3=C(CCC3)CC[N+]2(C)C1. The molecule has 19 heavy (non-hydrogen) atoms. The normalized spacial score (nSPS) is 42.2. The summed E-state index contributed by atoms with van der Waals surface area (Å²) in [4.78, 5) is 0. The largest absolute Gasteiger partial charge is 0.317 e. The Balaban J connectivity index is 1.81. The van der Waals surface area contributed by atoms with Crippen molar-refractivity contribution < 1.29 is 4.48 Å². The van der Waals surface area contributed by atoms with Gasteiger partial charge in [-0.15, -0.1) is 0 Å². The highest BCUT2D eigenvalue weighted by atomic mass is 15.4. The Kier molecular flexibility index (Phi) is 3.53. The average molecular weight is 262 g/mol. The van der Waals surface area contributed by atoms with Crippen molar-refractivity contribution in [3.05, 3.63) is 11.1 Å². The first kappa shape index (κ1) is 13.7. The highest BCUT2D eigenvalue weighted by Gasteiger charge is 2.54. The number of quaternary nitrogens is 1. The quantitative estimate of drug-likeness (QED) is 0.512. The van der Waals surface area contributed by atoms with Gasteiger partial charge in [0.05, 0.1) is 20.1 Å². The first-order valence-electron chi connectivity index (χ1n) is 8.65. The van der Waals surface area contributed by atoms with Crippen molar-refractivity contribution in [2.24, 2.45) is 5.92 Å².